The molecule has 0 aliphatic heterocycles. The summed E-state index contributed by atoms with van der Waals surface area (Å²) in [5.41, 5.74) is 3.38. The van der Waals surface area contributed by atoms with E-state index in [4.69, 9.17) is 21.1 Å². The summed E-state index contributed by atoms with van der Waals surface area (Å²) < 4.78 is 12.3. The van der Waals surface area contributed by atoms with E-state index in [1.165, 1.54) is 0 Å². The maximum atomic E-state index is 6.41. The standard InChI is InChI=1S/C19H17ClN6O2/c1-26-10-11(8-22-26)15-9-21-13-4-5-17(25-19(13)24-15)23-14-6-12(27-2)7-16(28-3)18(14)20/h4-10H,1-3H3,(H,23,24,25). The van der Waals surface area contributed by atoms with Gasteiger partial charge >= 0.3 is 0 Å². The third kappa shape index (κ3) is 3.41. The number of hydrogen-bond donors (Lipinski definition) is 1. The zero-order valence-corrected chi connectivity index (χ0v) is 16.2. The minimum Gasteiger partial charge on any atom is -0.497 e. The summed E-state index contributed by atoms with van der Waals surface area (Å²) in [6.45, 7) is 0. The summed E-state index contributed by atoms with van der Waals surface area (Å²) in [6.07, 6.45) is 5.32. The number of anilines is 2. The summed E-state index contributed by atoms with van der Waals surface area (Å²) in [6, 6.07) is 7.14. The van der Waals surface area contributed by atoms with Gasteiger partial charge in [0, 0.05) is 30.9 Å². The van der Waals surface area contributed by atoms with E-state index in [0.29, 0.717) is 44.9 Å². The SMILES string of the molecule is COc1cc(Nc2ccc3ncc(-c4cnn(C)c4)nc3n2)c(Cl)c(OC)c1. The number of benzene rings is 1. The second-order valence-corrected chi connectivity index (χ2v) is 6.39. The van der Waals surface area contributed by atoms with E-state index in [1.807, 2.05) is 25.4 Å². The lowest BCUT2D eigenvalue weighted by atomic mass is 10.2. The number of fused-ring (bicyclic) bond motifs is 1. The summed E-state index contributed by atoms with van der Waals surface area (Å²) in [5, 5.41) is 7.79. The molecule has 0 atom stereocenters. The molecule has 0 fully saturated rings. The summed E-state index contributed by atoms with van der Waals surface area (Å²) >= 11 is 6.41. The Hall–Kier alpha value is -3.39. The number of methoxy groups -OCH3 is 2. The summed E-state index contributed by atoms with van der Waals surface area (Å²) in [7, 11) is 4.98. The largest absolute Gasteiger partial charge is 0.497 e. The number of rotatable bonds is 5. The number of nitrogens with zero attached hydrogens (tertiary/aromatic N) is 5. The predicted octanol–water partition coefficient (Wildman–Crippen LogP) is 3.84. The van der Waals surface area contributed by atoms with Crippen molar-refractivity contribution in [3.8, 4) is 22.8 Å². The minimum absolute atomic E-state index is 0.431. The van der Waals surface area contributed by atoms with E-state index < -0.39 is 0 Å². The number of pyridine rings is 1. The van der Waals surface area contributed by atoms with Crippen LogP contribution in [0.25, 0.3) is 22.4 Å². The lowest BCUT2D eigenvalue weighted by molar-refractivity contribution is 0.395. The van der Waals surface area contributed by atoms with Gasteiger partial charge in [-0.15, -0.1) is 0 Å². The van der Waals surface area contributed by atoms with Crippen LogP contribution in [0.15, 0.2) is 42.9 Å². The van der Waals surface area contributed by atoms with Gasteiger partial charge in [-0.3, -0.25) is 9.67 Å². The van der Waals surface area contributed by atoms with Crippen molar-refractivity contribution in [2.24, 2.45) is 7.05 Å². The molecule has 0 aliphatic rings. The van der Waals surface area contributed by atoms with Gasteiger partial charge in [0.1, 0.15) is 27.9 Å². The Morgan fingerprint density at radius 3 is 2.64 bits per heavy atom. The number of aromatic nitrogens is 5. The van der Waals surface area contributed by atoms with Gasteiger partial charge in [0.2, 0.25) is 0 Å². The van der Waals surface area contributed by atoms with Crippen LogP contribution in [0.3, 0.4) is 0 Å². The van der Waals surface area contributed by atoms with Gasteiger partial charge in [-0.05, 0) is 12.1 Å². The number of nitrogens with one attached hydrogen (secondary N) is 1. The first kappa shape index (κ1) is 18.0. The first-order valence-corrected chi connectivity index (χ1v) is 8.76. The molecule has 0 bridgehead atoms. The molecule has 28 heavy (non-hydrogen) atoms. The molecule has 1 N–H and O–H groups in total. The van der Waals surface area contributed by atoms with Crippen LogP contribution in [0.1, 0.15) is 0 Å². The maximum Gasteiger partial charge on any atom is 0.180 e. The molecular formula is C19H17ClN6O2. The fraction of sp³-hybridized carbons (Fsp3) is 0.158. The minimum atomic E-state index is 0.431. The molecule has 0 amide bonds. The second-order valence-electron chi connectivity index (χ2n) is 6.01. The van der Waals surface area contributed by atoms with E-state index >= 15 is 0 Å². The van der Waals surface area contributed by atoms with Crippen molar-refractivity contribution in [3.05, 3.63) is 47.9 Å². The third-order valence-corrected chi connectivity index (χ3v) is 4.53. The molecule has 0 unspecified atom stereocenters. The fourth-order valence-electron chi connectivity index (χ4n) is 2.73. The number of halogens is 1. The first-order valence-electron chi connectivity index (χ1n) is 8.38. The average molecular weight is 397 g/mol. The zero-order chi connectivity index (χ0) is 19.7. The topological polar surface area (TPSA) is 87.0 Å². The first-order chi connectivity index (χ1) is 13.6. The molecule has 4 rings (SSSR count). The zero-order valence-electron chi connectivity index (χ0n) is 15.5. The smallest absolute Gasteiger partial charge is 0.180 e. The Morgan fingerprint density at radius 2 is 1.93 bits per heavy atom. The van der Waals surface area contributed by atoms with Crippen LogP contribution in [0.2, 0.25) is 5.02 Å². The number of hydrogen-bond acceptors (Lipinski definition) is 7. The lowest BCUT2D eigenvalue weighted by Crippen LogP contribution is -1.99. The van der Waals surface area contributed by atoms with E-state index in [9.17, 15) is 0 Å². The Labute approximate surface area is 166 Å². The highest BCUT2D eigenvalue weighted by atomic mass is 35.5. The van der Waals surface area contributed by atoms with E-state index in [1.54, 1.807) is 43.4 Å². The highest BCUT2D eigenvalue weighted by Gasteiger charge is 2.12. The Kier molecular flexibility index (Phi) is 4.70. The monoisotopic (exact) mass is 396 g/mol. The number of aryl methyl sites for hydroxylation is 1. The average Bonchev–Trinajstić information content (AvgIpc) is 3.15. The van der Waals surface area contributed by atoms with Crippen LogP contribution in [-0.2, 0) is 7.05 Å². The van der Waals surface area contributed by atoms with E-state index in [-0.39, 0.29) is 0 Å². The number of ether oxygens (including phenoxy) is 2. The van der Waals surface area contributed by atoms with E-state index in [0.717, 1.165) is 5.56 Å². The molecule has 142 valence electrons. The molecule has 0 aliphatic carbocycles. The van der Waals surface area contributed by atoms with Crippen molar-refractivity contribution >= 4 is 34.3 Å². The normalized spacial score (nSPS) is 10.9. The van der Waals surface area contributed by atoms with Crippen molar-refractivity contribution < 1.29 is 9.47 Å². The fourth-order valence-corrected chi connectivity index (χ4v) is 2.96. The molecule has 3 heterocycles. The Balaban J connectivity index is 1.72. The Bertz CT molecular complexity index is 1160. The van der Waals surface area contributed by atoms with Crippen molar-refractivity contribution in [3.63, 3.8) is 0 Å². The van der Waals surface area contributed by atoms with Crippen molar-refractivity contribution in [1.29, 1.82) is 0 Å². The van der Waals surface area contributed by atoms with Crippen molar-refractivity contribution in [1.82, 2.24) is 24.7 Å². The van der Waals surface area contributed by atoms with E-state index in [2.05, 4.69) is 25.4 Å². The quantitative estimate of drug-likeness (QED) is 0.548. The molecule has 0 saturated carbocycles. The molecule has 0 saturated heterocycles. The van der Waals surface area contributed by atoms with Crippen LogP contribution in [0, 0.1) is 0 Å². The third-order valence-electron chi connectivity index (χ3n) is 4.14. The highest BCUT2D eigenvalue weighted by Crippen LogP contribution is 2.37. The molecular weight excluding hydrogens is 380 g/mol. The van der Waals surface area contributed by atoms with Crippen LogP contribution < -0.4 is 14.8 Å². The van der Waals surface area contributed by atoms with Gasteiger partial charge in [0.15, 0.2) is 5.65 Å². The molecule has 1 aromatic carbocycles. The summed E-state index contributed by atoms with van der Waals surface area (Å²) in [5.74, 6) is 1.69. The molecule has 3 aromatic heterocycles. The molecule has 4 aromatic rings. The molecule has 9 heteroatoms. The van der Waals surface area contributed by atoms with Crippen LogP contribution >= 0.6 is 11.6 Å². The van der Waals surface area contributed by atoms with Gasteiger partial charge in [-0.1, -0.05) is 11.6 Å². The maximum absolute atomic E-state index is 6.41. The lowest BCUT2D eigenvalue weighted by Gasteiger charge is -2.13. The predicted molar refractivity (Wildman–Crippen MR) is 107 cm³/mol. The van der Waals surface area contributed by atoms with Gasteiger partial charge in [0.05, 0.1) is 38.0 Å². The van der Waals surface area contributed by atoms with Crippen molar-refractivity contribution in [2.75, 3.05) is 19.5 Å². The van der Waals surface area contributed by atoms with Gasteiger partial charge in [-0.2, -0.15) is 5.10 Å². The van der Waals surface area contributed by atoms with Crippen molar-refractivity contribution in [2.45, 2.75) is 0 Å². The molecule has 8 nitrogen and oxygen atoms in total. The van der Waals surface area contributed by atoms with Crippen LogP contribution in [0.4, 0.5) is 11.5 Å². The van der Waals surface area contributed by atoms with Gasteiger partial charge < -0.3 is 14.8 Å². The Morgan fingerprint density at radius 1 is 1.07 bits per heavy atom. The molecule has 0 radical (unpaired) electrons. The van der Waals surface area contributed by atoms with Gasteiger partial charge in [-0.25, -0.2) is 9.97 Å². The van der Waals surface area contributed by atoms with Crippen LogP contribution in [0.5, 0.6) is 11.5 Å². The highest BCUT2D eigenvalue weighted by molar-refractivity contribution is 6.35. The second kappa shape index (κ2) is 7.32. The van der Waals surface area contributed by atoms with Crippen LogP contribution in [-0.4, -0.2) is 39.0 Å². The molecule has 0 spiro atoms. The van der Waals surface area contributed by atoms with Gasteiger partial charge in [0.25, 0.3) is 0 Å². The summed E-state index contributed by atoms with van der Waals surface area (Å²) in [4.78, 5) is 13.6.